The SMILES string of the molecule is COc1ccc(C(=O)CCC(=O)N2CCC(C)CC2CN)cc1OC.Cl. The van der Waals surface area contributed by atoms with E-state index in [1.54, 1.807) is 25.3 Å². The molecule has 1 aromatic rings. The van der Waals surface area contributed by atoms with Crippen LogP contribution >= 0.6 is 12.4 Å². The fourth-order valence-electron chi connectivity index (χ4n) is 3.32. The highest BCUT2D eigenvalue weighted by Crippen LogP contribution is 2.28. The Morgan fingerprint density at radius 1 is 1.19 bits per heavy atom. The minimum absolute atomic E-state index is 0. The van der Waals surface area contributed by atoms with Crippen LogP contribution in [0.4, 0.5) is 0 Å². The van der Waals surface area contributed by atoms with E-state index in [1.165, 1.54) is 7.11 Å². The molecule has 0 aromatic heterocycles. The van der Waals surface area contributed by atoms with Crippen LogP contribution in [-0.4, -0.2) is 49.9 Å². The minimum atomic E-state index is -0.0796. The normalized spacial score (nSPS) is 19.5. The first-order valence-electron chi connectivity index (χ1n) is 8.74. The number of rotatable bonds is 7. The van der Waals surface area contributed by atoms with Crippen LogP contribution < -0.4 is 15.2 Å². The summed E-state index contributed by atoms with van der Waals surface area (Å²) in [7, 11) is 3.07. The molecular formula is C19H29ClN2O4. The first-order chi connectivity index (χ1) is 12.0. The number of ether oxygens (including phenoxy) is 2. The number of ketones is 1. The molecule has 1 saturated heterocycles. The third kappa shape index (κ3) is 5.35. The van der Waals surface area contributed by atoms with Crippen molar-refractivity contribution < 1.29 is 19.1 Å². The molecule has 0 spiro atoms. The Hall–Kier alpha value is -1.79. The number of carbonyl (C=O) groups excluding carboxylic acids is 2. The van der Waals surface area contributed by atoms with Crippen LogP contribution in [0.1, 0.15) is 43.0 Å². The van der Waals surface area contributed by atoms with Crippen LogP contribution in [0.2, 0.25) is 0 Å². The van der Waals surface area contributed by atoms with E-state index in [0.717, 1.165) is 19.4 Å². The first kappa shape index (κ1) is 22.3. The molecule has 2 rings (SSSR count). The van der Waals surface area contributed by atoms with Crippen molar-refractivity contribution in [3.63, 3.8) is 0 Å². The zero-order valence-electron chi connectivity index (χ0n) is 15.7. The van der Waals surface area contributed by atoms with Crippen LogP contribution in [0.15, 0.2) is 18.2 Å². The van der Waals surface area contributed by atoms with Crippen LogP contribution in [0, 0.1) is 5.92 Å². The Kier molecular flexibility index (Phi) is 8.88. The van der Waals surface area contributed by atoms with Gasteiger partial charge in [0.05, 0.1) is 14.2 Å². The van der Waals surface area contributed by atoms with E-state index in [4.69, 9.17) is 15.2 Å². The van der Waals surface area contributed by atoms with Gasteiger partial charge in [-0.15, -0.1) is 12.4 Å². The van der Waals surface area contributed by atoms with Crippen molar-refractivity contribution in [1.82, 2.24) is 4.90 Å². The standard InChI is InChI=1S/C19H28N2O4.ClH/c1-13-8-9-21(15(10-13)12-20)19(23)7-5-16(22)14-4-6-17(24-2)18(11-14)25-3;/h4,6,11,13,15H,5,7-10,12,20H2,1-3H3;1H. The lowest BCUT2D eigenvalue weighted by molar-refractivity contribution is -0.135. The number of hydrogen-bond donors (Lipinski definition) is 1. The summed E-state index contributed by atoms with van der Waals surface area (Å²) in [4.78, 5) is 26.8. The molecule has 0 bridgehead atoms. The van der Waals surface area contributed by atoms with Gasteiger partial charge >= 0.3 is 0 Å². The highest BCUT2D eigenvalue weighted by atomic mass is 35.5. The Morgan fingerprint density at radius 3 is 2.50 bits per heavy atom. The Labute approximate surface area is 161 Å². The van der Waals surface area contributed by atoms with E-state index in [1.807, 2.05) is 4.90 Å². The number of hydrogen-bond acceptors (Lipinski definition) is 5. The molecule has 2 unspecified atom stereocenters. The van der Waals surface area contributed by atoms with Gasteiger partial charge in [-0.25, -0.2) is 0 Å². The molecule has 0 radical (unpaired) electrons. The smallest absolute Gasteiger partial charge is 0.223 e. The third-order valence-corrected chi connectivity index (χ3v) is 4.84. The monoisotopic (exact) mass is 384 g/mol. The predicted octanol–water partition coefficient (Wildman–Crippen LogP) is 2.67. The maximum absolute atomic E-state index is 12.5. The number of likely N-dealkylation sites (tertiary alicyclic amines) is 1. The third-order valence-electron chi connectivity index (χ3n) is 4.84. The topological polar surface area (TPSA) is 81.9 Å². The van der Waals surface area contributed by atoms with E-state index in [-0.39, 0.29) is 43.0 Å². The lowest BCUT2D eigenvalue weighted by Gasteiger charge is -2.38. The number of piperidine rings is 1. The average molecular weight is 385 g/mol. The average Bonchev–Trinajstić information content (AvgIpc) is 2.64. The zero-order chi connectivity index (χ0) is 18.4. The summed E-state index contributed by atoms with van der Waals surface area (Å²) in [6.45, 7) is 3.39. The van der Waals surface area contributed by atoms with E-state index in [9.17, 15) is 9.59 Å². The molecular weight excluding hydrogens is 356 g/mol. The number of methoxy groups -OCH3 is 2. The van der Waals surface area contributed by atoms with Crippen LogP contribution in [0.3, 0.4) is 0 Å². The molecule has 1 aliphatic rings. The molecule has 1 amide bonds. The summed E-state index contributed by atoms with van der Waals surface area (Å²) in [6, 6.07) is 5.13. The summed E-state index contributed by atoms with van der Waals surface area (Å²) in [5.74, 6) is 1.60. The number of amides is 1. The maximum Gasteiger partial charge on any atom is 0.223 e. The van der Waals surface area contributed by atoms with Gasteiger partial charge in [0.1, 0.15) is 0 Å². The van der Waals surface area contributed by atoms with Gasteiger partial charge in [-0.2, -0.15) is 0 Å². The maximum atomic E-state index is 12.5. The van der Waals surface area contributed by atoms with Gasteiger partial charge in [0.25, 0.3) is 0 Å². The molecule has 6 nitrogen and oxygen atoms in total. The number of carbonyl (C=O) groups is 2. The molecule has 1 heterocycles. The van der Waals surface area contributed by atoms with Crippen LogP contribution in [-0.2, 0) is 4.79 Å². The van der Waals surface area contributed by atoms with E-state index in [2.05, 4.69) is 6.92 Å². The lowest BCUT2D eigenvalue weighted by atomic mass is 9.92. The van der Waals surface area contributed by atoms with Crippen molar-refractivity contribution in [1.29, 1.82) is 0 Å². The summed E-state index contributed by atoms with van der Waals surface area (Å²) >= 11 is 0. The molecule has 2 N–H and O–H groups in total. The van der Waals surface area contributed by atoms with Gasteiger partial charge in [0.15, 0.2) is 17.3 Å². The Morgan fingerprint density at radius 2 is 1.88 bits per heavy atom. The fourth-order valence-corrected chi connectivity index (χ4v) is 3.32. The molecule has 2 atom stereocenters. The number of halogens is 1. The number of nitrogens with zero attached hydrogens (tertiary/aromatic N) is 1. The quantitative estimate of drug-likeness (QED) is 0.731. The summed E-state index contributed by atoms with van der Waals surface area (Å²) in [5.41, 5.74) is 6.33. The Balaban J connectivity index is 0.00000338. The van der Waals surface area contributed by atoms with Gasteiger partial charge in [0, 0.05) is 37.5 Å². The van der Waals surface area contributed by atoms with Crippen molar-refractivity contribution in [2.24, 2.45) is 11.7 Å². The van der Waals surface area contributed by atoms with Crippen LogP contribution in [0.5, 0.6) is 11.5 Å². The number of Topliss-reactive ketones (excluding diaryl/α,β-unsaturated/α-hetero) is 1. The van der Waals surface area contributed by atoms with Gasteiger partial charge in [-0.3, -0.25) is 9.59 Å². The summed E-state index contributed by atoms with van der Waals surface area (Å²) in [6.07, 6.45) is 2.31. The number of benzene rings is 1. The molecule has 1 fully saturated rings. The molecule has 146 valence electrons. The van der Waals surface area contributed by atoms with E-state index < -0.39 is 0 Å². The second-order valence-corrected chi connectivity index (χ2v) is 6.60. The second-order valence-electron chi connectivity index (χ2n) is 6.60. The van der Waals surface area contributed by atoms with Crippen molar-refractivity contribution in [2.45, 2.75) is 38.6 Å². The van der Waals surface area contributed by atoms with Crippen molar-refractivity contribution in [3.05, 3.63) is 23.8 Å². The van der Waals surface area contributed by atoms with Crippen molar-refractivity contribution in [2.75, 3.05) is 27.3 Å². The van der Waals surface area contributed by atoms with E-state index >= 15 is 0 Å². The van der Waals surface area contributed by atoms with Crippen LogP contribution in [0.25, 0.3) is 0 Å². The molecule has 1 aromatic carbocycles. The highest BCUT2D eigenvalue weighted by Gasteiger charge is 2.28. The largest absolute Gasteiger partial charge is 0.493 e. The van der Waals surface area contributed by atoms with Gasteiger partial charge in [0.2, 0.25) is 5.91 Å². The molecule has 7 heteroatoms. The lowest BCUT2D eigenvalue weighted by Crippen LogP contribution is -2.49. The second kappa shape index (κ2) is 10.4. The molecule has 0 saturated carbocycles. The summed E-state index contributed by atoms with van der Waals surface area (Å²) in [5, 5.41) is 0. The highest BCUT2D eigenvalue weighted by molar-refractivity contribution is 5.98. The van der Waals surface area contributed by atoms with E-state index in [0.29, 0.717) is 29.5 Å². The van der Waals surface area contributed by atoms with Gasteiger partial charge in [-0.05, 0) is 37.0 Å². The fraction of sp³-hybridized carbons (Fsp3) is 0.579. The predicted molar refractivity (Wildman–Crippen MR) is 103 cm³/mol. The minimum Gasteiger partial charge on any atom is -0.493 e. The van der Waals surface area contributed by atoms with Crippen molar-refractivity contribution >= 4 is 24.1 Å². The van der Waals surface area contributed by atoms with Gasteiger partial charge < -0.3 is 20.1 Å². The van der Waals surface area contributed by atoms with Crippen molar-refractivity contribution in [3.8, 4) is 11.5 Å². The Bertz CT molecular complexity index is 624. The van der Waals surface area contributed by atoms with Gasteiger partial charge in [-0.1, -0.05) is 6.92 Å². The first-order valence-corrected chi connectivity index (χ1v) is 8.74. The molecule has 1 aliphatic heterocycles. The number of nitrogens with two attached hydrogens (primary N) is 1. The molecule has 0 aliphatic carbocycles. The molecule has 26 heavy (non-hydrogen) atoms. The zero-order valence-corrected chi connectivity index (χ0v) is 16.5. The summed E-state index contributed by atoms with van der Waals surface area (Å²) < 4.78 is 10.4.